The van der Waals surface area contributed by atoms with Crippen molar-refractivity contribution in [3.8, 4) is 33.6 Å². The summed E-state index contributed by atoms with van der Waals surface area (Å²) in [5.41, 5.74) is 2.78. The summed E-state index contributed by atoms with van der Waals surface area (Å²) in [6.45, 7) is 4.98. The molecule has 0 spiro atoms. The second kappa shape index (κ2) is 12.2. The van der Waals surface area contributed by atoms with Crippen LogP contribution in [0.25, 0.3) is 33.6 Å². The topological polar surface area (TPSA) is 139 Å². The van der Waals surface area contributed by atoms with E-state index in [9.17, 15) is 14.7 Å². The molecule has 0 aliphatic carbocycles. The van der Waals surface area contributed by atoms with Crippen molar-refractivity contribution in [3.05, 3.63) is 72.1 Å². The van der Waals surface area contributed by atoms with Crippen LogP contribution in [-0.4, -0.2) is 61.1 Å². The third-order valence-electron chi connectivity index (χ3n) is 8.50. The summed E-state index contributed by atoms with van der Waals surface area (Å²) in [6.07, 6.45) is 5.36. The van der Waals surface area contributed by atoms with E-state index in [-0.39, 0.29) is 23.9 Å². The lowest BCUT2D eigenvalue weighted by Crippen LogP contribution is -2.50. The fourth-order valence-electron chi connectivity index (χ4n) is 6.18. The highest BCUT2D eigenvalue weighted by Crippen LogP contribution is 2.35. The van der Waals surface area contributed by atoms with Gasteiger partial charge in [0.05, 0.1) is 35.9 Å². The molecule has 2 amide bonds. The number of carbonyl (C=O) groups excluding carboxylic acids is 1. The molecular weight excluding hydrogens is 568 g/mol. The number of likely N-dealkylation sites (tertiary alicyclic amines) is 1. The molecule has 0 saturated carbocycles. The number of amides is 2. The van der Waals surface area contributed by atoms with Crippen LogP contribution in [0, 0.1) is 17.6 Å². The van der Waals surface area contributed by atoms with Gasteiger partial charge in [-0.3, -0.25) is 4.79 Å². The minimum absolute atomic E-state index is 0.150. The molecule has 4 aromatic rings. The minimum Gasteiger partial charge on any atom is -0.465 e. The normalized spacial score (nSPS) is 19.1. The number of H-pyrrole nitrogens is 2. The van der Waals surface area contributed by atoms with E-state index in [0.717, 1.165) is 31.6 Å². The molecule has 5 N–H and O–H groups in total. The van der Waals surface area contributed by atoms with Crippen LogP contribution < -0.4 is 10.6 Å². The second-order valence-electron chi connectivity index (χ2n) is 11.8. The zero-order valence-electron chi connectivity index (χ0n) is 24.5. The average molecular weight is 604 g/mol. The minimum atomic E-state index is -1.26. The lowest BCUT2D eigenvalue weighted by Gasteiger charge is -2.29. The third-order valence-corrected chi connectivity index (χ3v) is 8.50. The number of imidazole rings is 2. The Morgan fingerprint density at radius 3 is 2.09 bits per heavy atom. The Morgan fingerprint density at radius 2 is 1.55 bits per heavy atom. The Hall–Kier alpha value is -4.58. The smallest absolute Gasteiger partial charge is 0.405 e. The molecular formula is C32H35F2N7O3. The molecule has 4 heterocycles. The molecule has 2 aromatic carbocycles. The van der Waals surface area contributed by atoms with Gasteiger partial charge in [0.2, 0.25) is 5.91 Å². The molecule has 2 fully saturated rings. The van der Waals surface area contributed by atoms with E-state index >= 15 is 8.78 Å². The van der Waals surface area contributed by atoms with Crippen molar-refractivity contribution < 1.29 is 23.5 Å². The zero-order valence-corrected chi connectivity index (χ0v) is 24.5. The van der Waals surface area contributed by atoms with E-state index < -0.39 is 23.8 Å². The lowest BCUT2D eigenvalue weighted by molar-refractivity contribution is -0.135. The van der Waals surface area contributed by atoms with Crippen LogP contribution >= 0.6 is 0 Å². The van der Waals surface area contributed by atoms with Crippen LogP contribution in [0.15, 0.2) is 48.8 Å². The molecule has 6 rings (SSSR count). The van der Waals surface area contributed by atoms with Crippen molar-refractivity contribution in [2.75, 3.05) is 13.1 Å². The molecule has 10 nitrogen and oxygen atoms in total. The Morgan fingerprint density at radius 1 is 0.932 bits per heavy atom. The molecule has 2 aromatic heterocycles. The van der Waals surface area contributed by atoms with Crippen LogP contribution in [0.4, 0.5) is 13.6 Å². The molecule has 2 aliphatic heterocycles. The number of carbonyl (C=O) groups is 2. The van der Waals surface area contributed by atoms with E-state index in [0.29, 0.717) is 52.4 Å². The Bertz CT molecular complexity index is 1680. The Balaban J connectivity index is 1.19. The van der Waals surface area contributed by atoms with E-state index in [1.165, 1.54) is 18.3 Å². The standard InChI is InChI=1S/C32H35F2N7O3/c1-17(2)28(40-32(43)44)31(42)41-12-4-6-27(41)30-37-16-26(39-30)21-10-8-19(14-23(21)34)18-7-9-20(22(33)13-18)25-15-36-29(38-25)24-5-3-11-35-24/h7-10,13-17,24,27-28,35,40H,3-6,11-12H2,1-2H3,(H,36,38)(H,37,39)(H,43,44)/t24-,27-,28-/m0/s1. The van der Waals surface area contributed by atoms with Crippen LogP contribution in [0.3, 0.4) is 0 Å². The average Bonchev–Trinajstić information content (AvgIpc) is 3.82. The quantitative estimate of drug-likeness (QED) is 0.173. The van der Waals surface area contributed by atoms with Crippen molar-refractivity contribution in [1.82, 2.24) is 35.5 Å². The monoisotopic (exact) mass is 603 g/mol. The van der Waals surface area contributed by atoms with Gasteiger partial charge in [-0.05, 0) is 73.5 Å². The highest BCUT2D eigenvalue weighted by Gasteiger charge is 2.37. The van der Waals surface area contributed by atoms with Crippen molar-refractivity contribution >= 4 is 12.0 Å². The predicted octanol–water partition coefficient (Wildman–Crippen LogP) is 5.79. The number of benzene rings is 2. The first-order valence-corrected chi connectivity index (χ1v) is 14.9. The van der Waals surface area contributed by atoms with Crippen molar-refractivity contribution in [2.45, 2.75) is 57.7 Å². The number of hydrogen-bond acceptors (Lipinski definition) is 5. The summed E-state index contributed by atoms with van der Waals surface area (Å²) in [7, 11) is 0. The van der Waals surface area contributed by atoms with Crippen LogP contribution in [0.2, 0.25) is 0 Å². The second-order valence-corrected chi connectivity index (χ2v) is 11.8. The number of nitrogens with zero attached hydrogens (tertiary/aromatic N) is 3. The maximum absolute atomic E-state index is 15.4. The van der Waals surface area contributed by atoms with Crippen molar-refractivity contribution in [2.24, 2.45) is 5.92 Å². The summed E-state index contributed by atoms with van der Waals surface area (Å²) >= 11 is 0. The van der Waals surface area contributed by atoms with Crippen molar-refractivity contribution in [1.29, 1.82) is 0 Å². The van der Waals surface area contributed by atoms with Gasteiger partial charge in [0.1, 0.15) is 29.3 Å². The fourth-order valence-corrected chi connectivity index (χ4v) is 6.18. The first-order chi connectivity index (χ1) is 21.2. The fraction of sp³-hybridized carbons (Fsp3) is 0.375. The molecule has 0 unspecified atom stereocenters. The molecule has 0 bridgehead atoms. The number of halogens is 2. The van der Waals surface area contributed by atoms with Gasteiger partial charge in [0.25, 0.3) is 0 Å². The molecule has 2 saturated heterocycles. The van der Waals surface area contributed by atoms with Gasteiger partial charge in [-0.1, -0.05) is 26.0 Å². The van der Waals surface area contributed by atoms with E-state index in [1.54, 1.807) is 49.2 Å². The zero-order chi connectivity index (χ0) is 31.0. The Labute approximate surface area is 253 Å². The number of carboxylic acid groups (broad SMARTS) is 1. The largest absolute Gasteiger partial charge is 0.465 e. The van der Waals surface area contributed by atoms with Gasteiger partial charge in [-0.2, -0.15) is 0 Å². The third kappa shape index (κ3) is 5.81. The molecule has 44 heavy (non-hydrogen) atoms. The number of nitrogens with one attached hydrogen (secondary N) is 4. The molecule has 3 atom stereocenters. The van der Waals surface area contributed by atoms with Crippen LogP contribution in [0.1, 0.15) is 63.3 Å². The van der Waals surface area contributed by atoms with Crippen molar-refractivity contribution in [3.63, 3.8) is 0 Å². The first-order valence-electron chi connectivity index (χ1n) is 14.9. The van der Waals surface area contributed by atoms with Gasteiger partial charge in [-0.15, -0.1) is 0 Å². The maximum atomic E-state index is 15.4. The highest BCUT2D eigenvalue weighted by molar-refractivity contribution is 5.86. The van der Waals surface area contributed by atoms with E-state index in [4.69, 9.17) is 0 Å². The molecule has 0 radical (unpaired) electrons. The number of hydrogen-bond donors (Lipinski definition) is 5. The summed E-state index contributed by atoms with van der Waals surface area (Å²) < 4.78 is 30.7. The SMILES string of the molecule is CC(C)[C@H](NC(=O)O)C(=O)N1CCC[C@H]1c1ncc(-c2ccc(-c3ccc(-c4cnc([C@@H]5CCCN5)[nH]4)c(F)c3)cc2F)[nH]1. The predicted molar refractivity (Wildman–Crippen MR) is 160 cm³/mol. The van der Waals surface area contributed by atoms with E-state index in [1.807, 2.05) is 0 Å². The maximum Gasteiger partial charge on any atom is 0.405 e. The summed E-state index contributed by atoms with van der Waals surface area (Å²) in [6, 6.07) is 8.41. The molecule has 230 valence electrons. The lowest BCUT2D eigenvalue weighted by atomic mass is 10.00. The highest BCUT2D eigenvalue weighted by atomic mass is 19.1. The van der Waals surface area contributed by atoms with Crippen LogP contribution in [-0.2, 0) is 4.79 Å². The van der Waals surface area contributed by atoms with Gasteiger partial charge < -0.3 is 30.6 Å². The van der Waals surface area contributed by atoms with Gasteiger partial charge in [-0.25, -0.2) is 23.5 Å². The summed E-state index contributed by atoms with van der Waals surface area (Å²) in [5, 5.41) is 14.9. The van der Waals surface area contributed by atoms with Gasteiger partial charge >= 0.3 is 6.09 Å². The van der Waals surface area contributed by atoms with Crippen LogP contribution in [0.5, 0.6) is 0 Å². The number of rotatable bonds is 8. The number of aromatic nitrogens is 4. The van der Waals surface area contributed by atoms with Gasteiger partial charge in [0.15, 0.2) is 0 Å². The van der Waals surface area contributed by atoms with E-state index in [2.05, 4.69) is 30.6 Å². The summed E-state index contributed by atoms with van der Waals surface area (Å²) in [5.74, 6) is -0.182. The first kappa shape index (κ1) is 29.5. The Kier molecular flexibility index (Phi) is 8.17. The molecule has 12 heteroatoms. The summed E-state index contributed by atoms with van der Waals surface area (Å²) in [4.78, 5) is 41.4. The molecule has 2 aliphatic rings. The number of aromatic amines is 2. The van der Waals surface area contributed by atoms with Gasteiger partial charge in [0, 0.05) is 17.7 Å².